The summed E-state index contributed by atoms with van der Waals surface area (Å²) in [7, 11) is 0. The molecule has 5 heteroatoms. The lowest BCUT2D eigenvalue weighted by Crippen LogP contribution is -2.43. The summed E-state index contributed by atoms with van der Waals surface area (Å²) < 4.78 is 5.43. The molecule has 2 amide bonds. The van der Waals surface area contributed by atoms with Gasteiger partial charge in [-0.15, -0.1) is 0 Å². The van der Waals surface area contributed by atoms with Crippen molar-refractivity contribution >= 4 is 12.0 Å². The van der Waals surface area contributed by atoms with E-state index in [-0.39, 0.29) is 18.0 Å². The summed E-state index contributed by atoms with van der Waals surface area (Å²) in [5.74, 6) is 0.113. The molecule has 132 valence electrons. The Morgan fingerprint density at radius 1 is 1.30 bits per heavy atom. The molecule has 0 fully saturated rings. The summed E-state index contributed by atoms with van der Waals surface area (Å²) in [5, 5.41) is 0. The van der Waals surface area contributed by atoms with Gasteiger partial charge in [-0.1, -0.05) is 11.6 Å². The molecule has 1 aliphatic rings. The first-order valence-electron chi connectivity index (χ1n) is 8.53. The molecule has 0 aliphatic carbocycles. The molecule has 0 N–H and O–H groups in total. The van der Waals surface area contributed by atoms with Crippen LogP contribution in [0.15, 0.2) is 11.6 Å². The monoisotopic (exact) mass is 324 g/mol. The molecule has 0 spiro atoms. The van der Waals surface area contributed by atoms with Gasteiger partial charge in [0.15, 0.2) is 0 Å². The average Bonchev–Trinajstić information content (AvgIpc) is 2.61. The van der Waals surface area contributed by atoms with Gasteiger partial charge >= 0.3 is 6.09 Å². The minimum absolute atomic E-state index is 0.00527. The van der Waals surface area contributed by atoms with Crippen LogP contribution in [0.4, 0.5) is 4.79 Å². The van der Waals surface area contributed by atoms with Crippen molar-refractivity contribution in [3.63, 3.8) is 0 Å². The quantitative estimate of drug-likeness (QED) is 0.743. The van der Waals surface area contributed by atoms with Crippen LogP contribution in [0.1, 0.15) is 60.8 Å². The number of carbonyl (C=O) groups excluding carboxylic acids is 2. The molecule has 0 aromatic rings. The molecule has 0 saturated heterocycles. The lowest BCUT2D eigenvalue weighted by Gasteiger charge is -2.30. The van der Waals surface area contributed by atoms with E-state index < -0.39 is 5.60 Å². The molecule has 0 saturated carbocycles. The maximum Gasteiger partial charge on any atom is 0.410 e. The van der Waals surface area contributed by atoms with Gasteiger partial charge < -0.3 is 14.5 Å². The zero-order valence-electron chi connectivity index (χ0n) is 15.5. The van der Waals surface area contributed by atoms with Gasteiger partial charge in [-0.3, -0.25) is 4.79 Å². The summed E-state index contributed by atoms with van der Waals surface area (Å²) in [6, 6.07) is 0.00527. The first-order chi connectivity index (χ1) is 10.6. The van der Waals surface area contributed by atoms with Crippen molar-refractivity contribution in [3.05, 3.63) is 11.6 Å². The highest BCUT2D eigenvalue weighted by Crippen LogP contribution is 2.14. The van der Waals surface area contributed by atoms with Gasteiger partial charge in [0, 0.05) is 32.1 Å². The first kappa shape index (κ1) is 19.5. The molecule has 0 bridgehead atoms. The Balaban J connectivity index is 2.55. The molecule has 23 heavy (non-hydrogen) atoms. The molecule has 0 atom stereocenters. The minimum Gasteiger partial charge on any atom is -0.444 e. The van der Waals surface area contributed by atoms with Crippen molar-refractivity contribution in [2.45, 2.75) is 72.4 Å². The Morgan fingerprint density at radius 3 is 2.52 bits per heavy atom. The van der Waals surface area contributed by atoms with E-state index in [9.17, 15) is 9.59 Å². The lowest BCUT2D eigenvalue weighted by atomic mass is 10.2. The second-order valence-corrected chi connectivity index (χ2v) is 7.49. The Labute approximate surface area is 140 Å². The molecular formula is C18H32N2O3. The fourth-order valence-corrected chi connectivity index (χ4v) is 2.50. The SMILES string of the molecule is CC1=CCCN(C(=O)CCN(C(=O)OC(C)(C)C)C(C)C)CC1. The van der Waals surface area contributed by atoms with E-state index in [1.165, 1.54) is 5.57 Å². The normalized spacial score (nSPS) is 16.0. The highest BCUT2D eigenvalue weighted by molar-refractivity contribution is 5.77. The van der Waals surface area contributed by atoms with Crippen LogP contribution < -0.4 is 0 Å². The third-order valence-electron chi connectivity index (χ3n) is 3.84. The second kappa shape index (κ2) is 8.37. The highest BCUT2D eigenvalue weighted by Gasteiger charge is 2.25. The molecule has 0 aromatic heterocycles. The largest absolute Gasteiger partial charge is 0.444 e. The summed E-state index contributed by atoms with van der Waals surface area (Å²) >= 11 is 0. The predicted octanol–water partition coefficient (Wildman–Crippen LogP) is 3.59. The van der Waals surface area contributed by atoms with Crippen LogP contribution in [0.3, 0.4) is 0 Å². The van der Waals surface area contributed by atoms with Crippen LogP contribution in [0, 0.1) is 0 Å². The van der Waals surface area contributed by atoms with Crippen LogP contribution in [-0.4, -0.2) is 53.1 Å². The summed E-state index contributed by atoms with van der Waals surface area (Å²) in [6.07, 6.45) is 4.04. The smallest absolute Gasteiger partial charge is 0.410 e. The summed E-state index contributed by atoms with van der Waals surface area (Å²) in [4.78, 5) is 28.2. The molecule has 1 rings (SSSR count). The number of rotatable bonds is 4. The van der Waals surface area contributed by atoms with Gasteiger partial charge in [-0.05, 0) is 54.4 Å². The van der Waals surface area contributed by atoms with E-state index in [4.69, 9.17) is 4.74 Å². The fraction of sp³-hybridized carbons (Fsp3) is 0.778. The standard InChI is InChI=1S/C18H32N2O3/c1-14(2)20(17(22)23-18(4,5)6)13-10-16(21)19-11-7-8-15(3)9-12-19/h8,14H,7,9-13H2,1-6H3. The number of ether oxygens (including phenoxy) is 1. The van der Waals surface area contributed by atoms with E-state index in [0.717, 1.165) is 25.9 Å². The summed E-state index contributed by atoms with van der Waals surface area (Å²) in [6.45, 7) is 13.5. The molecule has 0 unspecified atom stereocenters. The van der Waals surface area contributed by atoms with Crippen LogP contribution in [0.25, 0.3) is 0 Å². The van der Waals surface area contributed by atoms with Crippen molar-refractivity contribution in [1.82, 2.24) is 9.80 Å². The van der Waals surface area contributed by atoms with Gasteiger partial charge in [-0.2, -0.15) is 0 Å². The maximum atomic E-state index is 12.4. The second-order valence-electron chi connectivity index (χ2n) is 7.49. The number of carbonyl (C=O) groups is 2. The zero-order chi connectivity index (χ0) is 17.6. The molecule has 5 nitrogen and oxygen atoms in total. The van der Waals surface area contributed by atoms with Gasteiger partial charge in [-0.25, -0.2) is 4.79 Å². The van der Waals surface area contributed by atoms with E-state index in [1.807, 2.05) is 39.5 Å². The number of hydrogen-bond acceptors (Lipinski definition) is 3. The van der Waals surface area contributed by atoms with Crippen molar-refractivity contribution < 1.29 is 14.3 Å². The molecule has 0 aromatic carbocycles. The molecular weight excluding hydrogens is 292 g/mol. The molecule has 1 aliphatic heterocycles. The average molecular weight is 324 g/mol. The molecule has 0 radical (unpaired) electrons. The third kappa shape index (κ3) is 7.06. The van der Waals surface area contributed by atoms with Crippen LogP contribution in [0.2, 0.25) is 0 Å². The third-order valence-corrected chi connectivity index (χ3v) is 3.84. The van der Waals surface area contributed by atoms with Crippen molar-refractivity contribution in [3.8, 4) is 0 Å². The molecule has 1 heterocycles. The van der Waals surface area contributed by atoms with Gasteiger partial charge in [0.1, 0.15) is 5.60 Å². The van der Waals surface area contributed by atoms with Gasteiger partial charge in [0.05, 0.1) is 0 Å². The van der Waals surface area contributed by atoms with Crippen molar-refractivity contribution in [2.24, 2.45) is 0 Å². The van der Waals surface area contributed by atoms with Gasteiger partial charge in [0.2, 0.25) is 5.91 Å². The van der Waals surface area contributed by atoms with Crippen LogP contribution >= 0.6 is 0 Å². The number of amides is 2. The Bertz CT molecular complexity index is 450. The lowest BCUT2D eigenvalue weighted by molar-refractivity contribution is -0.131. The number of nitrogens with zero attached hydrogens (tertiary/aromatic N) is 2. The fourth-order valence-electron chi connectivity index (χ4n) is 2.50. The van der Waals surface area contributed by atoms with E-state index in [1.54, 1.807) is 4.90 Å². The van der Waals surface area contributed by atoms with E-state index in [0.29, 0.717) is 13.0 Å². The van der Waals surface area contributed by atoms with Gasteiger partial charge in [0.25, 0.3) is 0 Å². The Hall–Kier alpha value is -1.52. The maximum absolute atomic E-state index is 12.4. The van der Waals surface area contributed by atoms with Crippen LogP contribution in [-0.2, 0) is 9.53 Å². The Kier molecular flexibility index (Phi) is 7.10. The predicted molar refractivity (Wildman–Crippen MR) is 92.3 cm³/mol. The van der Waals surface area contributed by atoms with Crippen molar-refractivity contribution in [2.75, 3.05) is 19.6 Å². The zero-order valence-corrected chi connectivity index (χ0v) is 15.5. The van der Waals surface area contributed by atoms with Crippen molar-refractivity contribution in [1.29, 1.82) is 0 Å². The highest BCUT2D eigenvalue weighted by atomic mass is 16.6. The topological polar surface area (TPSA) is 49.9 Å². The van der Waals surface area contributed by atoms with E-state index >= 15 is 0 Å². The minimum atomic E-state index is -0.526. The number of hydrogen-bond donors (Lipinski definition) is 0. The van der Waals surface area contributed by atoms with E-state index in [2.05, 4.69) is 13.0 Å². The Morgan fingerprint density at radius 2 is 1.96 bits per heavy atom. The van der Waals surface area contributed by atoms with Crippen LogP contribution in [0.5, 0.6) is 0 Å². The summed E-state index contributed by atoms with van der Waals surface area (Å²) in [5.41, 5.74) is 0.820. The first-order valence-corrected chi connectivity index (χ1v) is 8.53.